The van der Waals surface area contributed by atoms with Gasteiger partial charge in [-0.3, -0.25) is 0 Å². The molecule has 1 aromatic carbocycles. The van der Waals surface area contributed by atoms with E-state index in [0.717, 1.165) is 0 Å². The Morgan fingerprint density at radius 1 is 1.32 bits per heavy atom. The number of carbonyl (C=O) groups is 2. The third kappa shape index (κ3) is 6.32. The Labute approximate surface area is 126 Å². The van der Waals surface area contributed by atoms with E-state index in [1.165, 1.54) is 6.07 Å². The Hall–Kier alpha value is -1.44. The smallest absolute Gasteiger partial charge is 1.00 e. The minimum atomic E-state index is -1.02. The molecule has 19 heavy (non-hydrogen) atoms. The Morgan fingerprint density at radius 3 is 2.42 bits per heavy atom. The van der Waals surface area contributed by atoms with Gasteiger partial charge < -0.3 is 16.6 Å². The molecule has 0 radical (unpaired) electrons. The van der Waals surface area contributed by atoms with E-state index in [1.54, 1.807) is 39.0 Å². The number of carboxylic acid groups (broad SMARTS) is 1. The monoisotopic (exact) mass is 259 g/mol. The van der Waals surface area contributed by atoms with Gasteiger partial charge in [0.25, 0.3) is 0 Å². The quantitative estimate of drug-likeness (QED) is 0.719. The van der Waals surface area contributed by atoms with Gasteiger partial charge in [0.2, 0.25) is 0 Å². The number of amides is 1. The van der Waals surface area contributed by atoms with Crippen LogP contribution in [0.1, 0.15) is 38.1 Å². The molecule has 100 valence electrons. The van der Waals surface area contributed by atoms with Crippen molar-refractivity contribution >= 4 is 12.1 Å². The van der Waals surface area contributed by atoms with Crippen molar-refractivity contribution in [1.82, 2.24) is 5.32 Å². The number of benzene rings is 1. The first-order valence-corrected chi connectivity index (χ1v) is 5.57. The van der Waals surface area contributed by atoms with Gasteiger partial charge in [0.15, 0.2) is 0 Å². The summed E-state index contributed by atoms with van der Waals surface area (Å²) in [5.74, 6) is -1.02. The van der Waals surface area contributed by atoms with Crippen molar-refractivity contribution in [2.24, 2.45) is 0 Å². The zero-order valence-electron chi connectivity index (χ0n) is 12.7. The normalized spacial score (nSPS) is 10.3. The molecule has 0 aromatic heterocycles. The van der Waals surface area contributed by atoms with Gasteiger partial charge in [-0.25, -0.2) is 9.59 Å². The van der Waals surface area contributed by atoms with Crippen molar-refractivity contribution in [2.45, 2.75) is 32.9 Å². The van der Waals surface area contributed by atoms with Crippen LogP contribution in [0.2, 0.25) is 0 Å². The molecule has 0 bridgehead atoms. The molecule has 0 atom stereocenters. The molecule has 0 unspecified atom stereocenters. The van der Waals surface area contributed by atoms with E-state index in [-0.39, 0.29) is 32.4 Å². The van der Waals surface area contributed by atoms with Crippen LogP contribution in [0, 0.1) is 0 Å². The minimum absolute atomic E-state index is 0. The summed E-state index contributed by atoms with van der Waals surface area (Å²) in [4.78, 5) is 22.4. The van der Waals surface area contributed by atoms with Gasteiger partial charge >= 0.3 is 30.9 Å². The number of carboxylic acids is 1. The van der Waals surface area contributed by atoms with Crippen LogP contribution < -0.4 is 24.2 Å². The second-order valence-corrected chi connectivity index (χ2v) is 4.82. The van der Waals surface area contributed by atoms with Gasteiger partial charge in [0.05, 0.1) is 5.56 Å². The molecule has 0 spiro atoms. The first-order chi connectivity index (χ1) is 8.29. The molecule has 2 N–H and O–H groups in total. The minimum Gasteiger partial charge on any atom is -1.00 e. The van der Waals surface area contributed by atoms with Crippen molar-refractivity contribution < 1.29 is 39.7 Å². The van der Waals surface area contributed by atoms with Gasteiger partial charge in [-0.2, -0.15) is 0 Å². The van der Waals surface area contributed by atoms with Crippen LogP contribution in [0.3, 0.4) is 0 Å². The molecule has 0 aliphatic rings. The van der Waals surface area contributed by atoms with E-state index in [9.17, 15) is 9.59 Å². The zero-order valence-corrected chi connectivity index (χ0v) is 11.7. The maximum Gasteiger partial charge on any atom is 1.00 e. The van der Waals surface area contributed by atoms with Gasteiger partial charge in [-0.15, -0.1) is 0 Å². The maximum atomic E-state index is 11.4. The molecule has 0 saturated heterocycles. The third-order valence-electron chi connectivity index (χ3n) is 2.07. The summed E-state index contributed by atoms with van der Waals surface area (Å²) in [7, 11) is 0. The number of aromatic carboxylic acids is 1. The first-order valence-electron chi connectivity index (χ1n) is 5.57. The standard InChI is InChI=1S/C13H17NO4.Li.H/c1-13(2,3)18-12(17)14-8-9-6-4-5-7-10(9)11(15)16;;/h4-7H,8H2,1-3H3,(H,14,17)(H,15,16);;/q;+1;-1. The summed E-state index contributed by atoms with van der Waals surface area (Å²) in [6.07, 6.45) is -0.567. The fraction of sp³-hybridized carbons (Fsp3) is 0.385. The van der Waals surface area contributed by atoms with Gasteiger partial charge in [0.1, 0.15) is 5.60 Å². The summed E-state index contributed by atoms with van der Waals surface area (Å²) >= 11 is 0. The van der Waals surface area contributed by atoms with E-state index in [0.29, 0.717) is 5.56 Å². The summed E-state index contributed by atoms with van der Waals surface area (Å²) < 4.78 is 5.06. The molecule has 0 heterocycles. The van der Waals surface area contributed by atoms with Crippen molar-refractivity contribution in [2.75, 3.05) is 0 Å². The molecule has 0 aliphatic heterocycles. The van der Waals surface area contributed by atoms with E-state index < -0.39 is 17.7 Å². The molecule has 5 nitrogen and oxygen atoms in total. The molecular weight excluding hydrogens is 241 g/mol. The maximum absolute atomic E-state index is 11.4. The zero-order chi connectivity index (χ0) is 13.8. The number of carbonyl (C=O) groups excluding carboxylic acids is 1. The second-order valence-electron chi connectivity index (χ2n) is 4.82. The molecule has 1 aromatic rings. The Morgan fingerprint density at radius 2 is 1.89 bits per heavy atom. The van der Waals surface area contributed by atoms with Crippen LogP contribution in [0.5, 0.6) is 0 Å². The van der Waals surface area contributed by atoms with Crippen molar-refractivity contribution in [3.63, 3.8) is 0 Å². The average Bonchev–Trinajstić information content (AvgIpc) is 2.24. The number of ether oxygens (including phenoxy) is 1. The molecule has 6 heteroatoms. The van der Waals surface area contributed by atoms with E-state index >= 15 is 0 Å². The summed E-state index contributed by atoms with van der Waals surface area (Å²) in [5, 5.41) is 11.5. The molecule has 1 amide bonds. The second kappa shape index (κ2) is 7.22. The van der Waals surface area contributed by atoms with Crippen LogP contribution in [0.4, 0.5) is 4.79 Å². The van der Waals surface area contributed by atoms with E-state index in [1.807, 2.05) is 0 Å². The van der Waals surface area contributed by atoms with Crippen LogP contribution in [0.15, 0.2) is 24.3 Å². The molecule has 0 saturated carbocycles. The molecule has 0 aliphatic carbocycles. The van der Waals surface area contributed by atoms with Gasteiger partial charge in [0, 0.05) is 6.54 Å². The summed E-state index contributed by atoms with van der Waals surface area (Å²) in [6, 6.07) is 6.51. The van der Waals surface area contributed by atoms with Crippen molar-refractivity contribution in [1.29, 1.82) is 0 Å². The van der Waals surface area contributed by atoms with E-state index in [2.05, 4.69) is 5.32 Å². The van der Waals surface area contributed by atoms with Crippen LogP contribution >= 0.6 is 0 Å². The summed E-state index contributed by atoms with van der Waals surface area (Å²) in [6.45, 7) is 5.41. The van der Waals surface area contributed by atoms with Crippen LogP contribution in [-0.4, -0.2) is 22.8 Å². The predicted molar refractivity (Wildman–Crippen MR) is 67.6 cm³/mol. The molecule has 0 fully saturated rings. The number of rotatable bonds is 3. The van der Waals surface area contributed by atoms with Crippen molar-refractivity contribution in [3.8, 4) is 0 Å². The largest absolute Gasteiger partial charge is 1.00 e. The van der Waals surface area contributed by atoms with Crippen molar-refractivity contribution in [3.05, 3.63) is 35.4 Å². The van der Waals surface area contributed by atoms with E-state index in [4.69, 9.17) is 9.84 Å². The number of nitrogens with one attached hydrogen (secondary N) is 1. The number of hydrogen-bond acceptors (Lipinski definition) is 3. The Balaban J connectivity index is 0. The van der Waals surface area contributed by atoms with Crippen LogP contribution in [-0.2, 0) is 11.3 Å². The van der Waals surface area contributed by atoms with Gasteiger partial charge in [-0.05, 0) is 32.4 Å². The Kier molecular flexibility index (Phi) is 6.67. The van der Waals surface area contributed by atoms with Crippen LogP contribution in [0.25, 0.3) is 0 Å². The predicted octanol–water partition coefficient (Wildman–Crippen LogP) is -0.474. The third-order valence-corrected chi connectivity index (χ3v) is 2.07. The SMILES string of the molecule is CC(C)(C)OC(=O)NCc1ccccc1C(=O)O.[H-].[Li+]. The fourth-order valence-electron chi connectivity index (χ4n) is 1.36. The summed E-state index contributed by atoms with van der Waals surface area (Å²) in [5.41, 5.74) is 0.139. The number of alkyl carbamates (subject to hydrolysis) is 1. The molecule has 1 rings (SSSR count). The van der Waals surface area contributed by atoms with Gasteiger partial charge in [-0.1, -0.05) is 18.2 Å². The average molecular weight is 259 g/mol. The number of hydrogen-bond donors (Lipinski definition) is 2. The molecular formula is C13H18LiNO4. The fourth-order valence-corrected chi connectivity index (χ4v) is 1.36. The first kappa shape index (κ1) is 17.6. The Bertz CT molecular complexity index is 460. The topological polar surface area (TPSA) is 75.6 Å².